The summed E-state index contributed by atoms with van der Waals surface area (Å²) in [6.45, 7) is 5.94. The molecule has 0 aromatic heterocycles. The Labute approximate surface area is 100.0 Å². The summed E-state index contributed by atoms with van der Waals surface area (Å²) in [6.07, 6.45) is 1.61. The Morgan fingerprint density at radius 3 is 2.47 bits per heavy atom. The Balaban J connectivity index is 3.15. The highest BCUT2D eigenvalue weighted by Crippen LogP contribution is 2.31. The third-order valence-corrected chi connectivity index (χ3v) is 3.17. The van der Waals surface area contributed by atoms with Crippen LogP contribution in [0.15, 0.2) is 18.2 Å². The first-order valence-electron chi connectivity index (χ1n) is 5.64. The van der Waals surface area contributed by atoms with Crippen LogP contribution in [0, 0.1) is 15.9 Å². The van der Waals surface area contributed by atoms with Crippen LogP contribution in [0.25, 0.3) is 0 Å². The molecule has 0 unspecified atom stereocenters. The van der Waals surface area contributed by atoms with Gasteiger partial charge in [0.2, 0.25) is 5.82 Å². The number of benzene rings is 1. The summed E-state index contributed by atoms with van der Waals surface area (Å²) in [6, 6.07) is 4.10. The number of halogens is 1. The molecular weight excluding hydrogens is 223 g/mol. The monoisotopic (exact) mass is 240 g/mol. The van der Waals surface area contributed by atoms with E-state index in [-0.39, 0.29) is 11.2 Å². The average molecular weight is 240 g/mol. The molecule has 0 aliphatic heterocycles. The van der Waals surface area contributed by atoms with Gasteiger partial charge in [0.05, 0.1) is 4.92 Å². The van der Waals surface area contributed by atoms with Crippen LogP contribution in [0.2, 0.25) is 0 Å². The molecule has 1 aromatic carbocycles. The summed E-state index contributed by atoms with van der Waals surface area (Å²) in [5.41, 5.74) is -0.514. The van der Waals surface area contributed by atoms with Gasteiger partial charge in [0.1, 0.15) is 5.69 Å². The minimum absolute atomic E-state index is 0.237. The van der Waals surface area contributed by atoms with Gasteiger partial charge in [-0.25, -0.2) is 0 Å². The van der Waals surface area contributed by atoms with Crippen LogP contribution < -0.4 is 5.32 Å². The summed E-state index contributed by atoms with van der Waals surface area (Å²) in [7, 11) is 0. The molecule has 1 aromatic rings. The van der Waals surface area contributed by atoms with Crippen LogP contribution in [0.1, 0.15) is 33.6 Å². The van der Waals surface area contributed by atoms with Crippen molar-refractivity contribution in [2.24, 2.45) is 0 Å². The normalized spacial score (nSPS) is 11.3. The Hall–Kier alpha value is -1.65. The largest absolute Gasteiger partial charge is 0.374 e. The molecule has 94 valence electrons. The fourth-order valence-corrected chi connectivity index (χ4v) is 1.55. The smallest absolute Gasteiger partial charge is 0.327 e. The number of rotatable bonds is 5. The van der Waals surface area contributed by atoms with E-state index in [1.165, 1.54) is 12.1 Å². The predicted molar refractivity (Wildman–Crippen MR) is 65.7 cm³/mol. The Bertz CT molecular complexity index is 417. The maximum Gasteiger partial charge on any atom is 0.327 e. The third kappa shape index (κ3) is 2.93. The first-order valence-corrected chi connectivity index (χ1v) is 5.64. The molecule has 0 bridgehead atoms. The van der Waals surface area contributed by atoms with Crippen molar-refractivity contribution in [2.45, 2.75) is 39.2 Å². The number of hydrogen-bond acceptors (Lipinski definition) is 3. The minimum Gasteiger partial charge on any atom is -0.374 e. The van der Waals surface area contributed by atoms with E-state index in [9.17, 15) is 14.5 Å². The zero-order valence-electron chi connectivity index (χ0n) is 10.3. The molecule has 0 amide bonds. The Kier molecular flexibility index (Phi) is 4.04. The Morgan fingerprint density at radius 2 is 2.00 bits per heavy atom. The van der Waals surface area contributed by atoms with E-state index in [0.29, 0.717) is 0 Å². The second kappa shape index (κ2) is 5.12. The number of para-hydroxylation sites is 1. The summed E-state index contributed by atoms with van der Waals surface area (Å²) in [5.74, 6) is -0.811. The molecule has 1 rings (SSSR count). The summed E-state index contributed by atoms with van der Waals surface area (Å²) >= 11 is 0. The van der Waals surface area contributed by atoms with E-state index in [1.54, 1.807) is 0 Å². The molecule has 0 radical (unpaired) electrons. The number of nitrogens with zero attached hydrogens (tertiary/aromatic N) is 1. The van der Waals surface area contributed by atoms with Crippen molar-refractivity contribution in [3.05, 3.63) is 34.1 Å². The molecule has 0 heterocycles. The quantitative estimate of drug-likeness (QED) is 0.630. The molecule has 0 saturated carbocycles. The van der Waals surface area contributed by atoms with E-state index in [0.717, 1.165) is 18.9 Å². The van der Waals surface area contributed by atoms with Crippen molar-refractivity contribution in [2.75, 3.05) is 5.32 Å². The molecule has 0 saturated heterocycles. The van der Waals surface area contributed by atoms with E-state index in [2.05, 4.69) is 5.32 Å². The molecule has 0 spiro atoms. The van der Waals surface area contributed by atoms with E-state index < -0.39 is 16.4 Å². The first kappa shape index (κ1) is 13.4. The van der Waals surface area contributed by atoms with Gasteiger partial charge in [0.25, 0.3) is 0 Å². The van der Waals surface area contributed by atoms with Gasteiger partial charge in [-0.15, -0.1) is 0 Å². The Morgan fingerprint density at radius 1 is 1.41 bits per heavy atom. The zero-order chi connectivity index (χ0) is 13.1. The lowest BCUT2D eigenvalue weighted by Crippen LogP contribution is -2.33. The molecule has 4 nitrogen and oxygen atoms in total. The van der Waals surface area contributed by atoms with Crippen molar-refractivity contribution in [3.63, 3.8) is 0 Å². The standard InChI is InChI=1S/C12H17FN2O2/c1-4-12(3,5-2)14-10-8-6-7-9(13)11(10)15(16)17/h6-8,14H,4-5H2,1-3H3. The van der Waals surface area contributed by atoms with Gasteiger partial charge in [-0.3, -0.25) is 10.1 Å². The highest BCUT2D eigenvalue weighted by Gasteiger charge is 2.26. The molecule has 0 fully saturated rings. The van der Waals surface area contributed by atoms with Crippen LogP contribution >= 0.6 is 0 Å². The third-order valence-electron chi connectivity index (χ3n) is 3.17. The van der Waals surface area contributed by atoms with Crippen LogP contribution in [0.5, 0.6) is 0 Å². The van der Waals surface area contributed by atoms with Crippen molar-refractivity contribution < 1.29 is 9.31 Å². The van der Waals surface area contributed by atoms with Gasteiger partial charge in [-0.2, -0.15) is 4.39 Å². The zero-order valence-corrected chi connectivity index (χ0v) is 10.3. The number of nitro groups is 1. The van der Waals surface area contributed by atoms with Crippen LogP contribution in [-0.2, 0) is 0 Å². The highest BCUT2D eigenvalue weighted by molar-refractivity contribution is 5.63. The minimum atomic E-state index is -0.811. The van der Waals surface area contributed by atoms with Gasteiger partial charge >= 0.3 is 5.69 Å². The lowest BCUT2D eigenvalue weighted by Gasteiger charge is -2.29. The number of nitro benzene ring substituents is 1. The topological polar surface area (TPSA) is 55.2 Å². The van der Waals surface area contributed by atoms with Gasteiger partial charge in [-0.05, 0) is 31.9 Å². The van der Waals surface area contributed by atoms with Gasteiger partial charge in [-0.1, -0.05) is 19.9 Å². The lowest BCUT2D eigenvalue weighted by molar-refractivity contribution is -0.386. The van der Waals surface area contributed by atoms with E-state index in [4.69, 9.17) is 0 Å². The van der Waals surface area contributed by atoms with E-state index >= 15 is 0 Å². The van der Waals surface area contributed by atoms with Gasteiger partial charge in [0, 0.05) is 5.54 Å². The number of nitrogens with one attached hydrogen (secondary N) is 1. The lowest BCUT2D eigenvalue weighted by atomic mass is 9.95. The summed E-state index contributed by atoms with van der Waals surface area (Å²) < 4.78 is 13.4. The van der Waals surface area contributed by atoms with Crippen LogP contribution in [-0.4, -0.2) is 10.5 Å². The van der Waals surface area contributed by atoms with Crippen molar-refractivity contribution >= 4 is 11.4 Å². The average Bonchev–Trinajstić information content (AvgIpc) is 2.28. The van der Waals surface area contributed by atoms with Crippen LogP contribution in [0.4, 0.5) is 15.8 Å². The molecular formula is C12H17FN2O2. The van der Waals surface area contributed by atoms with Crippen molar-refractivity contribution in [3.8, 4) is 0 Å². The predicted octanol–water partition coefficient (Wildman–Crippen LogP) is 3.72. The second-order valence-electron chi connectivity index (χ2n) is 4.29. The van der Waals surface area contributed by atoms with Crippen molar-refractivity contribution in [1.82, 2.24) is 0 Å². The maximum atomic E-state index is 13.4. The summed E-state index contributed by atoms with van der Waals surface area (Å²) in [4.78, 5) is 10.1. The van der Waals surface area contributed by atoms with Crippen molar-refractivity contribution in [1.29, 1.82) is 0 Å². The number of hydrogen-bond donors (Lipinski definition) is 1. The maximum absolute atomic E-state index is 13.4. The van der Waals surface area contributed by atoms with Crippen LogP contribution in [0.3, 0.4) is 0 Å². The molecule has 0 aliphatic rings. The van der Waals surface area contributed by atoms with Gasteiger partial charge < -0.3 is 5.32 Å². The number of anilines is 1. The molecule has 0 atom stereocenters. The first-order chi connectivity index (χ1) is 7.93. The SMILES string of the molecule is CCC(C)(CC)Nc1cccc(F)c1[N+](=O)[O-]. The van der Waals surface area contributed by atoms with E-state index in [1.807, 2.05) is 20.8 Å². The second-order valence-corrected chi connectivity index (χ2v) is 4.29. The fourth-order valence-electron chi connectivity index (χ4n) is 1.55. The molecule has 17 heavy (non-hydrogen) atoms. The fraction of sp³-hybridized carbons (Fsp3) is 0.500. The molecule has 0 aliphatic carbocycles. The summed E-state index contributed by atoms with van der Waals surface area (Å²) in [5, 5.41) is 13.9. The van der Waals surface area contributed by atoms with Gasteiger partial charge in [0.15, 0.2) is 0 Å². The molecule has 5 heteroatoms. The highest BCUT2D eigenvalue weighted by atomic mass is 19.1. The molecule has 1 N–H and O–H groups in total.